The van der Waals surface area contributed by atoms with Gasteiger partial charge in [0.1, 0.15) is 11.3 Å². The van der Waals surface area contributed by atoms with E-state index in [-0.39, 0.29) is 17.1 Å². The highest BCUT2D eigenvalue weighted by molar-refractivity contribution is 6.32. The van der Waals surface area contributed by atoms with E-state index in [1.54, 1.807) is 36.3 Å². The molecular formula is C27H21Cl2NO4. The third-order valence-electron chi connectivity index (χ3n) is 6.23. The van der Waals surface area contributed by atoms with Gasteiger partial charge < -0.3 is 14.1 Å². The number of carbonyl (C=O) groups excluding carboxylic acids is 1. The lowest BCUT2D eigenvalue weighted by molar-refractivity contribution is 0.0730. The molecule has 0 spiro atoms. The summed E-state index contributed by atoms with van der Waals surface area (Å²) in [7, 11) is 1.62. The Hall–Kier alpha value is -3.28. The smallest absolute Gasteiger partial charge is 0.290 e. The fourth-order valence-corrected chi connectivity index (χ4v) is 4.69. The van der Waals surface area contributed by atoms with Crippen LogP contribution in [0.2, 0.25) is 10.0 Å². The van der Waals surface area contributed by atoms with Crippen molar-refractivity contribution in [2.45, 2.75) is 19.4 Å². The molecule has 0 radical (unpaired) electrons. The van der Waals surface area contributed by atoms with E-state index in [9.17, 15) is 9.59 Å². The van der Waals surface area contributed by atoms with Crippen LogP contribution in [0.4, 0.5) is 0 Å². The van der Waals surface area contributed by atoms with E-state index >= 15 is 0 Å². The molecule has 0 N–H and O–H groups in total. The number of aryl methyl sites for hydroxylation is 1. The standard InChI is InChI=1S/C27H21Cl2NO4/c1-15-13-22-20(14-21(15)29)25(31)23-24(17-5-7-18(28)8-6-17)30(27(32)26(23)34-22)12-11-16-3-9-19(33-2)10-4-16/h3-10,13-14,24H,11-12H2,1-2H3/t24-/m0/s1. The number of rotatable bonds is 5. The molecule has 1 atom stereocenters. The zero-order valence-corrected chi connectivity index (χ0v) is 20.1. The molecule has 1 amide bonds. The van der Waals surface area contributed by atoms with Gasteiger partial charge in [-0.05, 0) is 66.4 Å². The molecule has 172 valence electrons. The molecule has 1 aromatic heterocycles. The summed E-state index contributed by atoms with van der Waals surface area (Å²) in [5.41, 5.74) is 3.04. The maximum absolute atomic E-state index is 13.6. The first-order valence-electron chi connectivity index (χ1n) is 10.8. The number of amides is 1. The quantitative estimate of drug-likeness (QED) is 0.331. The minimum atomic E-state index is -0.584. The Labute approximate surface area is 206 Å². The van der Waals surface area contributed by atoms with Crippen LogP contribution >= 0.6 is 23.2 Å². The highest BCUT2D eigenvalue weighted by atomic mass is 35.5. The summed E-state index contributed by atoms with van der Waals surface area (Å²) in [6.07, 6.45) is 0.604. The van der Waals surface area contributed by atoms with Crippen LogP contribution in [0.15, 0.2) is 69.9 Å². The van der Waals surface area contributed by atoms with Gasteiger partial charge in [-0.15, -0.1) is 0 Å². The van der Waals surface area contributed by atoms with Crippen molar-refractivity contribution in [1.82, 2.24) is 4.90 Å². The maximum Gasteiger partial charge on any atom is 0.290 e. The molecule has 2 heterocycles. The van der Waals surface area contributed by atoms with Crippen molar-refractivity contribution >= 4 is 40.1 Å². The molecule has 0 saturated heterocycles. The Morgan fingerprint density at radius 1 is 1.00 bits per heavy atom. The normalized spacial score (nSPS) is 15.1. The summed E-state index contributed by atoms with van der Waals surface area (Å²) in [5.74, 6) is 0.534. The fraction of sp³-hybridized carbons (Fsp3) is 0.185. The van der Waals surface area contributed by atoms with Crippen LogP contribution < -0.4 is 10.2 Å². The Morgan fingerprint density at radius 3 is 2.38 bits per heavy atom. The van der Waals surface area contributed by atoms with Crippen molar-refractivity contribution < 1.29 is 13.9 Å². The van der Waals surface area contributed by atoms with Gasteiger partial charge in [0.25, 0.3) is 5.91 Å². The van der Waals surface area contributed by atoms with Crippen LogP contribution in [0.5, 0.6) is 5.75 Å². The lowest BCUT2D eigenvalue weighted by Gasteiger charge is -2.25. The van der Waals surface area contributed by atoms with Crippen LogP contribution in [0.3, 0.4) is 0 Å². The number of hydrogen-bond acceptors (Lipinski definition) is 4. The summed E-state index contributed by atoms with van der Waals surface area (Å²) in [5, 5.41) is 1.41. The van der Waals surface area contributed by atoms with Gasteiger partial charge in [-0.2, -0.15) is 0 Å². The lowest BCUT2D eigenvalue weighted by atomic mass is 9.98. The summed E-state index contributed by atoms with van der Waals surface area (Å²) in [6.45, 7) is 2.23. The van der Waals surface area contributed by atoms with Crippen molar-refractivity contribution in [3.63, 3.8) is 0 Å². The van der Waals surface area contributed by atoms with Gasteiger partial charge in [0, 0.05) is 16.6 Å². The largest absolute Gasteiger partial charge is 0.497 e. The Bertz CT molecular complexity index is 1460. The van der Waals surface area contributed by atoms with Gasteiger partial charge in [-0.1, -0.05) is 47.5 Å². The Balaban J connectivity index is 1.61. The predicted molar refractivity (Wildman–Crippen MR) is 133 cm³/mol. The molecule has 0 fully saturated rings. The predicted octanol–water partition coefficient (Wildman–Crippen LogP) is 6.20. The Morgan fingerprint density at radius 2 is 1.71 bits per heavy atom. The van der Waals surface area contributed by atoms with Gasteiger partial charge >= 0.3 is 0 Å². The molecule has 7 heteroatoms. The number of methoxy groups -OCH3 is 1. The molecule has 0 unspecified atom stereocenters. The fourth-order valence-electron chi connectivity index (χ4n) is 4.40. The molecule has 1 aliphatic heterocycles. The molecule has 5 nitrogen and oxygen atoms in total. The summed E-state index contributed by atoms with van der Waals surface area (Å²) < 4.78 is 11.3. The second kappa shape index (κ2) is 8.82. The monoisotopic (exact) mass is 493 g/mol. The molecule has 4 aromatic rings. The molecule has 3 aromatic carbocycles. The number of halogens is 2. The second-order valence-corrected chi connectivity index (χ2v) is 9.17. The number of hydrogen-bond donors (Lipinski definition) is 0. The minimum absolute atomic E-state index is 0.0777. The average molecular weight is 494 g/mol. The molecule has 0 saturated carbocycles. The van der Waals surface area contributed by atoms with E-state index in [4.69, 9.17) is 32.4 Å². The van der Waals surface area contributed by atoms with E-state index in [0.717, 1.165) is 22.4 Å². The van der Waals surface area contributed by atoms with E-state index in [1.165, 1.54) is 0 Å². The first-order valence-corrected chi connectivity index (χ1v) is 11.6. The zero-order valence-electron chi connectivity index (χ0n) is 18.6. The zero-order chi connectivity index (χ0) is 24.0. The van der Waals surface area contributed by atoms with Crippen LogP contribution in [-0.2, 0) is 6.42 Å². The maximum atomic E-state index is 13.6. The van der Waals surface area contributed by atoms with E-state index < -0.39 is 6.04 Å². The number of ether oxygens (including phenoxy) is 1. The van der Waals surface area contributed by atoms with E-state index in [1.807, 2.05) is 43.3 Å². The van der Waals surface area contributed by atoms with E-state index in [0.29, 0.717) is 39.5 Å². The summed E-state index contributed by atoms with van der Waals surface area (Å²) in [6, 6.07) is 17.6. The van der Waals surface area contributed by atoms with Gasteiger partial charge in [-0.3, -0.25) is 9.59 Å². The Kier molecular flexibility index (Phi) is 5.84. The SMILES string of the molecule is COc1ccc(CCN2C(=O)c3oc4cc(C)c(Cl)cc4c(=O)c3[C@@H]2c2ccc(Cl)cc2)cc1. The molecular weight excluding hydrogens is 473 g/mol. The van der Waals surface area contributed by atoms with Crippen molar-refractivity contribution in [3.05, 3.63) is 109 Å². The van der Waals surface area contributed by atoms with Crippen LogP contribution in [0.1, 0.15) is 38.9 Å². The van der Waals surface area contributed by atoms with Crippen LogP contribution in [0.25, 0.3) is 11.0 Å². The third kappa shape index (κ3) is 3.85. The topological polar surface area (TPSA) is 59.8 Å². The lowest BCUT2D eigenvalue weighted by Crippen LogP contribution is -2.31. The van der Waals surface area contributed by atoms with Crippen molar-refractivity contribution in [1.29, 1.82) is 0 Å². The number of fused-ring (bicyclic) bond motifs is 2. The molecule has 0 aliphatic carbocycles. The number of benzene rings is 3. The van der Waals surface area contributed by atoms with Gasteiger partial charge in [-0.25, -0.2) is 0 Å². The first-order chi connectivity index (χ1) is 16.4. The first kappa shape index (κ1) is 22.5. The van der Waals surface area contributed by atoms with Gasteiger partial charge in [0.15, 0.2) is 5.43 Å². The van der Waals surface area contributed by atoms with Gasteiger partial charge in [0.2, 0.25) is 5.76 Å². The highest BCUT2D eigenvalue weighted by Gasteiger charge is 2.42. The summed E-state index contributed by atoms with van der Waals surface area (Å²) in [4.78, 5) is 28.9. The van der Waals surface area contributed by atoms with Crippen molar-refractivity contribution in [2.75, 3.05) is 13.7 Å². The number of nitrogens with zero attached hydrogens (tertiary/aromatic N) is 1. The molecule has 1 aliphatic rings. The molecule has 0 bridgehead atoms. The van der Waals surface area contributed by atoms with Crippen molar-refractivity contribution in [2.24, 2.45) is 0 Å². The average Bonchev–Trinajstić information content (AvgIpc) is 3.11. The second-order valence-electron chi connectivity index (χ2n) is 8.32. The minimum Gasteiger partial charge on any atom is -0.497 e. The van der Waals surface area contributed by atoms with Crippen LogP contribution in [-0.4, -0.2) is 24.5 Å². The number of carbonyl (C=O) groups is 1. The highest BCUT2D eigenvalue weighted by Crippen LogP contribution is 2.39. The molecule has 34 heavy (non-hydrogen) atoms. The van der Waals surface area contributed by atoms with Gasteiger partial charge in [0.05, 0.1) is 24.1 Å². The van der Waals surface area contributed by atoms with Crippen LogP contribution in [0, 0.1) is 6.92 Å². The van der Waals surface area contributed by atoms with E-state index in [2.05, 4.69) is 0 Å². The molecule has 5 rings (SSSR count). The third-order valence-corrected chi connectivity index (χ3v) is 6.89. The summed E-state index contributed by atoms with van der Waals surface area (Å²) >= 11 is 12.4. The van der Waals surface area contributed by atoms with Crippen molar-refractivity contribution in [3.8, 4) is 5.75 Å².